The van der Waals surface area contributed by atoms with Gasteiger partial charge in [-0.05, 0) is 30.2 Å². The number of anilines is 1. The smallest absolute Gasteiger partial charge is 0.0510 e. The minimum Gasteiger partial charge on any atom is -0.368 e. The molecule has 0 radical (unpaired) electrons. The van der Waals surface area contributed by atoms with E-state index in [1.165, 1.54) is 16.8 Å². The molecule has 0 heterocycles. The molecule has 0 saturated carbocycles. The van der Waals surface area contributed by atoms with Crippen LogP contribution >= 0.6 is 0 Å². The van der Waals surface area contributed by atoms with Gasteiger partial charge in [-0.2, -0.15) is 0 Å². The number of hydrogen-bond donors (Lipinski definition) is 1. The van der Waals surface area contributed by atoms with E-state index in [0.29, 0.717) is 12.6 Å². The number of nitrogens with zero attached hydrogens (tertiary/aromatic N) is 1. The molecule has 0 aliphatic heterocycles. The van der Waals surface area contributed by atoms with Gasteiger partial charge in [-0.3, -0.25) is 0 Å². The third-order valence-corrected chi connectivity index (χ3v) is 3.44. The van der Waals surface area contributed by atoms with Crippen LogP contribution in [0.1, 0.15) is 24.1 Å². The van der Waals surface area contributed by atoms with Crippen LogP contribution in [0.15, 0.2) is 54.6 Å². The molecule has 1 atom stereocenters. The van der Waals surface area contributed by atoms with Gasteiger partial charge in [-0.1, -0.05) is 42.5 Å². The molecular formula is C16H20N2. The fraction of sp³-hybridized carbons (Fsp3) is 0.250. The Labute approximate surface area is 109 Å². The molecule has 0 spiro atoms. The number of rotatable bonds is 4. The summed E-state index contributed by atoms with van der Waals surface area (Å²) in [6.45, 7) is 2.81. The second-order valence-electron chi connectivity index (χ2n) is 4.57. The SMILES string of the molecule is CC(c1ccccc1)N(C)c1ccc(CN)cc1. The van der Waals surface area contributed by atoms with E-state index < -0.39 is 0 Å². The minimum absolute atomic E-state index is 0.356. The summed E-state index contributed by atoms with van der Waals surface area (Å²) in [7, 11) is 2.12. The summed E-state index contributed by atoms with van der Waals surface area (Å²) in [5.41, 5.74) is 9.31. The molecule has 0 bridgehead atoms. The van der Waals surface area contributed by atoms with Crippen molar-refractivity contribution in [3.63, 3.8) is 0 Å². The molecule has 2 aromatic carbocycles. The Bertz CT molecular complexity index is 476. The monoisotopic (exact) mass is 240 g/mol. The molecule has 2 rings (SSSR count). The summed E-state index contributed by atoms with van der Waals surface area (Å²) in [5, 5.41) is 0. The van der Waals surface area contributed by atoms with Crippen molar-refractivity contribution in [1.29, 1.82) is 0 Å². The number of nitrogens with two attached hydrogens (primary N) is 1. The molecule has 0 amide bonds. The minimum atomic E-state index is 0.356. The lowest BCUT2D eigenvalue weighted by Crippen LogP contribution is -2.21. The first-order valence-corrected chi connectivity index (χ1v) is 6.29. The van der Waals surface area contributed by atoms with E-state index in [-0.39, 0.29) is 0 Å². The van der Waals surface area contributed by atoms with E-state index in [1.807, 2.05) is 6.07 Å². The van der Waals surface area contributed by atoms with Crippen molar-refractivity contribution in [3.8, 4) is 0 Å². The van der Waals surface area contributed by atoms with E-state index in [4.69, 9.17) is 5.73 Å². The van der Waals surface area contributed by atoms with Crippen LogP contribution in [0.3, 0.4) is 0 Å². The summed E-state index contributed by atoms with van der Waals surface area (Å²) in [6, 6.07) is 19.3. The average Bonchev–Trinajstić information content (AvgIpc) is 2.47. The van der Waals surface area contributed by atoms with E-state index in [9.17, 15) is 0 Å². The van der Waals surface area contributed by atoms with Crippen molar-refractivity contribution in [2.24, 2.45) is 5.73 Å². The maximum absolute atomic E-state index is 5.61. The molecule has 2 nitrogen and oxygen atoms in total. The molecule has 1 unspecified atom stereocenters. The largest absolute Gasteiger partial charge is 0.368 e. The highest BCUT2D eigenvalue weighted by atomic mass is 15.1. The van der Waals surface area contributed by atoms with Gasteiger partial charge < -0.3 is 10.6 Å². The molecule has 0 aromatic heterocycles. The molecular weight excluding hydrogens is 220 g/mol. The van der Waals surface area contributed by atoms with Crippen LogP contribution in [0.2, 0.25) is 0 Å². The highest BCUT2D eigenvalue weighted by Crippen LogP contribution is 2.25. The van der Waals surface area contributed by atoms with Crippen LogP contribution in [0.4, 0.5) is 5.69 Å². The van der Waals surface area contributed by atoms with E-state index in [0.717, 1.165) is 0 Å². The first-order chi connectivity index (χ1) is 8.72. The Morgan fingerprint density at radius 1 is 1.00 bits per heavy atom. The lowest BCUT2D eigenvalue weighted by Gasteiger charge is -2.27. The van der Waals surface area contributed by atoms with Gasteiger partial charge in [0.15, 0.2) is 0 Å². The fourth-order valence-corrected chi connectivity index (χ4v) is 2.05. The Balaban J connectivity index is 2.17. The summed E-state index contributed by atoms with van der Waals surface area (Å²) < 4.78 is 0. The quantitative estimate of drug-likeness (QED) is 0.888. The zero-order valence-electron chi connectivity index (χ0n) is 11.0. The summed E-state index contributed by atoms with van der Waals surface area (Å²) in [4.78, 5) is 2.27. The predicted octanol–water partition coefficient (Wildman–Crippen LogP) is 3.34. The molecule has 2 aromatic rings. The lowest BCUT2D eigenvalue weighted by molar-refractivity contribution is 0.739. The van der Waals surface area contributed by atoms with Crippen LogP contribution in [-0.4, -0.2) is 7.05 Å². The number of hydrogen-bond acceptors (Lipinski definition) is 2. The molecule has 94 valence electrons. The van der Waals surface area contributed by atoms with Gasteiger partial charge >= 0.3 is 0 Å². The van der Waals surface area contributed by atoms with Gasteiger partial charge in [0.25, 0.3) is 0 Å². The molecule has 2 N–H and O–H groups in total. The zero-order chi connectivity index (χ0) is 13.0. The van der Waals surface area contributed by atoms with E-state index in [2.05, 4.69) is 67.4 Å². The second kappa shape index (κ2) is 5.69. The third-order valence-electron chi connectivity index (χ3n) is 3.44. The Hall–Kier alpha value is -1.80. The van der Waals surface area contributed by atoms with Gasteiger partial charge in [-0.15, -0.1) is 0 Å². The second-order valence-corrected chi connectivity index (χ2v) is 4.57. The van der Waals surface area contributed by atoms with Gasteiger partial charge in [-0.25, -0.2) is 0 Å². The Morgan fingerprint density at radius 2 is 1.61 bits per heavy atom. The Kier molecular flexibility index (Phi) is 4.00. The van der Waals surface area contributed by atoms with Crippen molar-refractivity contribution < 1.29 is 0 Å². The van der Waals surface area contributed by atoms with Crippen molar-refractivity contribution in [2.75, 3.05) is 11.9 Å². The molecule has 0 aliphatic rings. The van der Waals surface area contributed by atoms with Crippen molar-refractivity contribution >= 4 is 5.69 Å². The average molecular weight is 240 g/mol. The normalized spacial score (nSPS) is 12.2. The summed E-state index contributed by atoms with van der Waals surface area (Å²) in [5.74, 6) is 0. The van der Waals surface area contributed by atoms with Gasteiger partial charge in [0.05, 0.1) is 6.04 Å². The first-order valence-electron chi connectivity index (χ1n) is 6.29. The first kappa shape index (κ1) is 12.7. The molecule has 18 heavy (non-hydrogen) atoms. The van der Waals surface area contributed by atoms with Crippen LogP contribution in [0, 0.1) is 0 Å². The molecule has 0 fully saturated rings. The van der Waals surface area contributed by atoms with Crippen molar-refractivity contribution in [1.82, 2.24) is 0 Å². The maximum atomic E-state index is 5.61. The van der Waals surface area contributed by atoms with Gasteiger partial charge in [0.1, 0.15) is 0 Å². The van der Waals surface area contributed by atoms with Crippen LogP contribution in [-0.2, 0) is 6.54 Å². The third kappa shape index (κ3) is 2.71. The highest BCUT2D eigenvalue weighted by Gasteiger charge is 2.11. The lowest BCUT2D eigenvalue weighted by atomic mass is 10.1. The molecule has 0 aliphatic carbocycles. The van der Waals surface area contributed by atoms with Crippen molar-refractivity contribution in [2.45, 2.75) is 19.5 Å². The van der Waals surface area contributed by atoms with Gasteiger partial charge in [0, 0.05) is 19.3 Å². The van der Waals surface area contributed by atoms with Crippen molar-refractivity contribution in [3.05, 3.63) is 65.7 Å². The summed E-state index contributed by atoms with van der Waals surface area (Å²) in [6.07, 6.45) is 0. The zero-order valence-corrected chi connectivity index (χ0v) is 11.0. The molecule has 0 saturated heterocycles. The highest BCUT2D eigenvalue weighted by molar-refractivity contribution is 5.49. The van der Waals surface area contributed by atoms with E-state index >= 15 is 0 Å². The fourth-order valence-electron chi connectivity index (χ4n) is 2.05. The van der Waals surface area contributed by atoms with Crippen LogP contribution in [0.25, 0.3) is 0 Å². The summed E-state index contributed by atoms with van der Waals surface area (Å²) >= 11 is 0. The number of benzene rings is 2. The van der Waals surface area contributed by atoms with Crippen LogP contribution < -0.4 is 10.6 Å². The predicted molar refractivity (Wildman–Crippen MR) is 77.6 cm³/mol. The standard InChI is InChI=1S/C16H20N2/c1-13(15-6-4-3-5-7-15)18(2)16-10-8-14(12-17)9-11-16/h3-11,13H,12,17H2,1-2H3. The molecule has 2 heteroatoms. The topological polar surface area (TPSA) is 29.3 Å². The van der Waals surface area contributed by atoms with Gasteiger partial charge in [0.2, 0.25) is 0 Å². The Morgan fingerprint density at radius 3 is 2.17 bits per heavy atom. The van der Waals surface area contributed by atoms with E-state index in [1.54, 1.807) is 0 Å². The van der Waals surface area contributed by atoms with Crippen LogP contribution in [0.5, 0.6) is 0 Å². The maximum Gasteiger partial charge on any atom is 0.0510 e.